The van der Waals surface area contributed by atoms with Crippen molar-refractivity contribution in [2.24, 2.45) is 16.5 Å². The summed E-state index contributed by atoms with van der Waals surface area (Å²) in [5.41, 5.74) is 11.3. The van der Waals surface area contributed by atoms with Gasteiger partial charge in [-0.2, -0.15) is 0 Å². The summed E-state index contributed by atoms with van der Waals surface area (Å²) < 4.78 is 18.9. The van der Waals surface area contributed by atoms with Gasteiger partial charge in [0.25, 0.3) is 0 Å². The summed E-state index contributed by atoms with van der Waals surface area (Å²) in [6.07, 6.45) is 0. The number of guanidine groups is 1. The van der Waals surface area contributed by atoms with Crippen LogP contribution in [0.1, 0.15) is 0 Å². The van der Waals surface area contributed by atoms with Crippen molar-refractivity contribution in [1.82, 2.24) is 0 Å². The van der Waals surface area contributed by atoms with Crippen LogP contribution in [0, 0.1) is 0 Å². The minimum absolute atomic E-state index is 0.0926. The van der Waals surface area contributed by atoms with Crippen LogP contribution < -0.4 is 16.8 Å². The minimum Gasteiger partial charge on any atom is -0.370 e. The molecule has 0 aliphatic carbocycles. The number of amides is 1. The molecule has 1 amide bonds. The van der Waals surface area contributed by atoms with Crippen molar-refractivity contribution in [2.45, 2.75) is 0 Å². The minimum atomic E-state index is -2.16. The van der Waals surface area contributed by atoms with Crippen molar-refractivity contribution < 1.29 is 13.6 Å². The second-order valence-electron chi connectivity index (χ2n) is 3.10. The number of carbonyl (C=O) groups is 1. The first-order chi connectivity index (χ1) is 7.97. The number of carbonyl (C=O) groups excluding carboxylic acids is 1. The Kier molecular flexibility index (Phi) is 4.61. The molecule has 8 heteroatoms. The Morgan fingerprint density at radius 2 is 2.18 bits per heavy atom. The molecule has 92 valence electrons. The Bertz CT molecular complexity index is 471. The molecular formula is C9H12N4O3S. The van der Waals surface area contributed by atoms with Crippen LogP contribution >= 0.6 is 0 Å². The lowest BCUT2D eigenvalue weighted by Gasteiger charge is -2.04. The van der Waals surface area contributed by atoms with Gasteiger partial charge in [0, 0.05) is 5.69 Å². The molecule has 0 spiro atoms. The van der Waals surface area contributed by atoms with Gasteiger partial charge >= 0.3 is 0 Å². The van der Waals surface area contributed by atoms with Crippen molar-refractivity contribution in [1.29, 1.82) is 0 Å². The van der Waals surface area contributed by atoms with Gasteiger partial charge in [0.1, 0.15) is 5.75 Å². The average Bonchev–Trinajstić information content (AvgIpc) is 2.14. The Hall–Kier alpha value is -1.93. The molecule has 1 rings (SSSR count). The normalized spacial score (nSPS) is 11.6. The Labute approximate surface area is 100 Å². The van der Waals surface area contributed by atoms with E-state index in [1.165, 1.54) is 6.07 Å². The van der Waals surface area contributed by atoms with Crippen molar-refractivity contribution in [2.75, 3.05) is 11.1 Å². The van der Waals surface area contributed by atoms with E-state index in [1.807, 2.05) is 0 Å². The van der Waals surface area contributed by atoms with Crippen LogP contribution in [0.15, 0.2) is 29.3 Å². The van der Waals surface area contributed by atoms with E-state index < -0.39 is 22.7 Å². The molecule has 1 aromatic carbocycles. The fourth-order valence-corrected chi connectivity index (χ4v) is 1.41. The lowest BCUT2D eigenvalue weighted by Crippen LogP contribution is -2.22. The summed E-state index contributed by atoms with van der Waals surface area (Å²) in [4.78, 5) is 15.0. The van der Waals surface area contributed by atoms with Crippen LogP contribution in [-0.4, -0.2) is 26.4 Å². The summed E-state index contributed by atoms with van der Waals surface area (Å²) >= 11 is -2.16. The van der Waals surface area contributed by atoms with Crippen molar-refractivity contribution >= 4 is 34.3 Å². The molecule has 0 aliphatic rings. The quantitative estimate of drug-likeness (QED) is 0.335. The molecule has 0 bridgehead atoms. The molecule has 1 atom stereocenters. The van der Waals surface area contributed by atoms with Gasteiger partial charge in [-0.3, -0.25) is 4.79 Å². The number of nitrogens with two attached hydrogens (primary N) is 2. The monoisotopic (exact) mass is 256 g/mol. The highest BCUT2D eigenvalue weighted by Gasteiger charge is 2.06. The molecular weight excluding hydrogens is 244 g/mol. The molecule has 1 aromatic rings. The molecule has 0 fully saturated rings. The largest absolute Gasteiger partial charge is 0.370 e. The van der Waals surface area contributed by atoms with Gasteiger partial charge in [0.15, 0.2) is 17.0 Å². The van der Waals surface area contributed by atoms with Crippen LogP contribution in [0.3, 0.4) is 0 Å². The number of anilines is 1. The topological polar surface area (TPSA) is 131 Å². The highest BCUT2D eigenvalue weighted by molar-refractivity contribution is 7.80. The van der Waals surface area contributed by atoms with Crippen LogP contribution in [0.5, 0.6) is 0 Å². The molecule has 0 heterocycles. The summed E-state index contributed by atoms with van der Waals surface area (Å²) in [6, 6.07) is 6.45. The van der Waals surface area contributed by atoms with Crippen LogP contribution in [0.2, 0.25) is 0 Å². The standard InChI is InChI=1S/C9H12N4O3S/c10-9(11)13-7-3-1-2-6(4-7)12-8(14)5-17(15)16/h1-4H,5H2,(H,12,14)(H,15,16)(H4,10,11,13). The predicted molar refractivity (Wildman–Crippen MR) is 66.2 cm³/mol. The number of aliphatic imine (C=N–C) groups is 1. The number of nitrogens with one attached hydrogen (secondary N) is 1. The summed E-state index contributed by atoms with van der Waals surface area (Å²) in [5, 5.41) is 2.44. The van der Waals surface area contributed by atoms with Gasteiger partial charge in [0.2, 0.25) is 5.91 Å². The maximum absolute atomic E-state index is 11.2. The molecule has 0 saturated carbocycles. The number of rotatable bonds is 4. The smallest absolute Gasteiger partial charge is 0.239 e. The van der Waals surface area contributed by atoms with Gasteiger partial charge in [-0.1, -0.05) is 6.07 Å². The van der Waals surface area contributed by atoms with Gasteiger partial charge in [-0.05, 0) is 18.2 Å². The molecule has 0 aliphatic heterocycles. The average molecular weight is 256 g/mol. The third kappa shape index (κ3) is 5.09. The second kappa shape index (κ2) is 5.97. The van der Waals surface area contributed by atoms with Gasteiger partial charge < -0.3 is 21.3 Å². The van der Waals surface area contributed by atoms with E-state index in [0.29, 0.717) is 11.4 Å². The van der Waals surface area contributed by atoms with Crippen LogP contribution in [0.25, 0.3) is 0 Å². The van der Waals surface area contributed by atoms with E-state index in [9.17, 15) is 9.00 Å². The molecule has 6 N–H and O–H groups in total. The van der Waals surface area contributed by atoms with E-state index in [1.54, 1.807) is 18.2 Å². The number of benzene rings is 1. The number of hydrogen-bond acceptors (Lipinski definition) is 3. The first-order valence-corrected chi connectivity index (χ1v) is 5.82. The summed E-state index contributed by atoms with van der Waals surface area (Å²) in [7, 11) is 0. The summed E-state index contributed by atoms with van der Waals surface area (Å²) in [6.45, 7) is 0. The first-order valence-electron chi connectivity index (χ1n) is 4.54. The number of hydrogen-bond donors (Lipinski definition) is 4. The van der Waals surface area contributed by atoms with Crippen LogP contribution in [0.4, 0.5) is 11.4 Å². The van der Waals surface area contributed by atoms with Gasteiger partial charge in [-0.15, -0.1) is 0 Å². The molecule has 1 unspecified atom stereocenters. The molecule has 0 aromatic heterocycles. The highest BCUT2D eigenvalue weighted by Crippen LogP contribution is 2.17. The third-order valence-corrected chi connectivity index (χ3v) is 2.15. The predicted octanol–water partition coefficient (Wildman–Crippen LogP) is -0.248. The van der Waals surface area contributed by atoms with Gasteiger partial charge in [0.05, 0.1) is 5.69 Å². The second-order valence-corrected chi connectivity index (χ2v) is 4.03. The van der Waals surface area contributed by atoms with E-state index in [2.05, 4.69) is 10.3 Å². The fourth-order valence-electron chi connectivity index (χ4n) is 1.11. The van der Waals surface area contributed by atoms with E-state index in [4.69, 9.17) is 16.0 Å². The lowest BCUT2D eigenvalue weighted by atomic mass is 10.3. The lowest BCUT2D eigenvalue weighted by molar-refractivity contribution is -0.113. The first kappa shape index (κ1) is 13.1. The van der Waals surface area contributed by atoms with Crippen molar-refractivity contribution in [3.63, 3.8) is 0 Å². The third-order valence-electron chi connectivity index (χ3n) is 1.64. The van der Waals surface area contributed by atoms with E-state index >= 15 is 0 Å². The maximum atomic E-state index is 11.2. The number of nitrogens with zero attached hydrogens (tertiary/aromatic N) is 1. The zero-order valence-electron chi connectivity index (χ0n) is 8.79. The Morgan fingerprint density at radius 1 is 1.47 bits per heavy atom. The molecule has 0 radical (unpaired) electrons. The zero-order chi connectivity index (χ0) is 12.8. The summed E-state index contributed by atoms with van der Waals surface area (Å²) in [5.74, 6) is -1.13. The maximum Gasteiger partial charge on any atom is 0.239 e. The van der Waals surface area contributed by atoms with E-state index in [0.717, 1.165) is 0 Å². The molecule has 7 nitrogen and oxygen atoms in total. The Morgan fingerprint density at radius 3 is 2.76 bits per heavy atom. The SMILES string of the molecule is NC(N)=Nc1cccc(NC(=O)CS(=O)O)c1. The molecule has 17 heavy (non-hydrogen) atoms. The van der Waals surface area contributed by atoms with Crippen molar-refractivity contribution in [3.8, 4) is 0 Å². The van der Waals surface area contributed by atoms with Crippen LogP contribution in [-0.2, 0) is 15.9 Å². The Balaban J connectivity index is 2.75. The van der Waals surface area contributed by atoms with Crippen molar-refractivity contribution in [3.05, 3.63) is 24.3 Å². The highest BCUT2D eigenvalue weighted by atomic mass is 32.2. The van der Waals surface area contributed by atoms with Gasteiger partial charge in [-0.25, -0.2) is 9.20 Å². The molecule has 0 saturated heterocycles. The van der Waals surface area contributed by atoms with E-state index in [-0.39, 0.29) is 5.96 Å². The zero-order valence-corrected chi connectivity index (χ0v) is 9.61. The fraction of sp³-hybridized carbons (Fsp3) is 0.111.